The fourth-order valence-corrected chi connectivity index (χ4v) is 3.13. The van der Waals surface area contributed by atoms with Crippen LogP contribution in [0.2, 0.25) is 0 Å². The monoisotopic (exact) mass is 329 g/mol. The van der Waals surface area contributed by atoms with Crippen LogP contribution in [0.4, 0.5) is 5.82 Å². The number of anilines is 1. The van der Waals surface area contributed by atoms with Crippen LogP contribution < -0.4 is 10.2 Å². The Labute approximate surface area is 141 Å². The standard InChI is InChI=1S/C16H23N7O/c1-5-15(24)20-13-8-22(9-14(13)23-7-6-17-21-23)16-10(2)11(3)18-12(4)19-16/h6-7,13-14H,5,8-9H2,1-4H3,(H,20,24)/t13-,14+/m1/s1. The van der Waals surface area contributed by atoms with Gasteiger partial charge in [0, 0.05) is 37.0 Å². The fraction of sp³-hybridized carbons (Fsp3) is 0.562. The minimum absolute atomic E-state index is 0.0259. The fourth-order valence-electron chi connectivity index (χ4n) is 3.13. The molecule has 2 atom stereocenters. The summed E-state index contributed by atoms with van der Waals surface area (Å²) in [6, 6.07) is -0.00731. The van der Waals surface area contributed by atoms with Gasteiger partial charge in [-0.25, -0.2) is 14.6 Å². The lowest BCUT2D eigenvalue weighted by atomic mass is 10.1. The lowest BCUT2D eigenvalue weighted by Gasteiger charge is -2.20. The maximum Gasteiger partial charge on any atom is 0.220 e. The van der Waals surface area contributed by atoms with E-state index in [0.717, 1.165) is 29.4 Å². The second kappa shape index (κ2) is 6.54. The van der Waals surface area contributed by atoms with Crippen molar-refractivity contribution in [3.8, 4) is 0 Å². The Kier molecular flexibility index (Phi) is 4.46. The van der Waals surface area contributed by atoms with Gasteiger partial charge in [0.2, 0.25) is 5.91 Å². The van der Waals surface area contributed by atoms with Crippen molar-refractivity contribution in [1.82, 2.24) is 30.3 Å². The topological polar surface area (TPSA) is 88.8 Å². The molecule has 128 valence electrons. The van der Waals surface area contributed by atoms with Crippen LogP contribution in [-0.2, 0) is 4.79 Å². The van der Waals surface area contributed by atoms with Crippen molar-refractivity contribution in [3.63, 3.8) is 0 Å². The zero-order valence-electron chi connectivity index (χ0n) is 14.5. The van der Waals surface area contributed by atoms with E-state index in [1.54, 1.807) is 6.20 Å². The molecule has 0 spiro atoms. The third-order valence-corrected chi connectivity index (χ3v) is 4.51. The van der Waals surface area contributed by atoms with Crippen molar-refractivity contribution in [3.05, 3.63) is 29.5 Å². The molecule has 1 N–H and O–H groups in total. The van der Waals surface area contributed by atoms with Gasteiger partial charge in [-0.15, -0.1) is 5.10 Å². The molecule has 8 nitrogen and oxygen atoms in total. The maximum absolute atomic E-state index is 11.9. The summed E-state index contributed by atoms with van der Waals surface area (Å²) < 4.78 is 1.82. The number of rotatable bonds is 4. The van der Waals surface area contributed by atoms with Crippen LogP contribution in [0.15, 0.2) is 12.4 Å². The Hall–Kier alpha value is -2.51. The van der Waals surface area contributed by atoms with E-state index in [1.165, 1.54) is 0 Å². The van der Waals surface area contributed by atoms with Gasteiger partial charge in [-0.05, 0) is 20.8 Å². The highest BCUT2D eigenvalue weighted by Crippen LogP contribution is 2.28. The molecule has 1 saturated heterocycles. The van der Waals surface area contributed by atoms with E-state index in [1.807, 2.05) is 38.6 Å². The first-order valence-electron chi connectivity index (χ1n) is 8.21. The zero-order chi connectivity index (χ0) is 17.3. The molecule has 1 fully saturated rings. The number of aryl methyl sites for hydroxylation is 2. The van der Waals surface area contributed by atoms with Gasteiger partial charge in [0.05, 0.1) is 18.3 Å². The largest absolute Gasteiger partial charge is 0.352 e. The number of carbonyl (C=O) groups is 1. The average Bonchev–Trinajstić information content (AvgIpc) is 3.20. The average molecular weight is 329 g/mol. The van der Waals surface area contributed by atoms with Crippen LogP contribution in [0.1, 0.15) is 36.5 Å². The summed E-state index contributed by atoms with van der Waals surface area (Å²) in [5, 5.41) is 11.1. The SMILES string of the molecule is CCC(=O)N[C@@H]1CN(c2nc(C)nc(C)c2C)C[C@@H]1n1ccnn1. The lowest BCUT2D eigenvalue weighted by molar-refractivity contribution is -0.121. The molecule has 0 saturated carbocycles. The Balaban J connectivity index is 1.90. The van der Waals surface area contributed by atoms with Gasteiger partial charge in [-0.3, -0.25) is 4.79 Å². The number of amides is 1. The van der Waals surface area contributed by atoms with Gasteiger partial charge in [0.1, 0.15) is 11.6 Å². The van der Waals surface area contributed by atoms with Gasteiger partial charge in [-0.1, -0.05) is 12.1 Å². The predicted octanol–water partition coefficient (Wildman–Crippen LogP) is 0.949. The van der Waals surface area contributed by atoms with Gasteiger partial charge < -0.3 is 10.2 Å². The minimum atomic E-state index is -0.0332. The second-order valence-electron chi connectivity index (χ2n) is 6.19. The Morgan fingerprint density at radius 1 is 1.29 bits per heavy atom. The molecule has 24 heavy (non-hydrogen) atoms. The van der Waals surface area contributed by atoms with E-state index in [4.69, 9.17) is 0 Å². The molecule has 2 aromatic rings. The molecular weight excluding hydrogens is 306 g/mol. The normalized spacial score (nSPS) is 20.4. The molecule has 0 aliphatic carbocycles. The van der Waals surface area contributed by atoms with Crippen molar-refractivity contribution in [2.45, 2.75) is 46.2 Å². The summed E-state index contributed by atoms with van der Waals surface area (Å²) in [6.07, 6.45) is 3.96. The number of hydrogen-bond donors (Lipinski definition) is 1. The second-order valence-corrected chi connectivity index (χ2v) is 6.19. The minimum Gasteiger partial charge on any atom is -0.352 e. The smallest absolute Gasteiger partial charge is 0.220 e. The van der Waals surface area contributed by atoms with Crippen LogP contribution in [-0.4, -0.2) is 50.0 Å². The number of carbonyl (C=O) groups excluding carboxylic acids is 1. The van der Waals surface area contributed by atoms with Crippen molar-refractivity contribution in [2.75, 3.05) is 18.0 Å². The van der Waals surface area contributed by atoms with Gasteiger partial charge in [0.15, 0.2) is 0 Å². The first-order chi connectivity index (χ1) is 11.5. The number of aromatic nitrogens is 5. The first-order valence-corrected chi connectivity index (χ1v) is 8.21. The van der Waals surface area contributed by atoms with Crippen molar-refractivity contribution in [2.24, 2.45) is 0 Å². The molecule has 0 unspecified atom stereocenters. The number of nitrogens with zero attached hydrogens (tertiary/aromatic N) is 6. The van der Waals surface area contributed by atoms with Crippen LogP contribution in [0.25, 0.3) is 0 Å². The Bertz CT molecular complexity index is 728. The Morgan fingerprint density at radius 2 is 2.08 bits per heavy atom. The predicted molar refractivity (Wildman–Crippen MR) is 89.7 cm³/mol. The summed E-state index contributed by atoms with van der Waals surface area (Å²) >= 11 is 0. The van der Waals surface area contributed by atoms with Gasteiger partial charge >= 0.3 is 0 Å². The molecule has 1 amide bonds. The van der Waals surface area contributed by atoms with E-state index < -0.39 is 0 Å². The van der Waals surface area contributed by atoms with Crippen LogP contribution in [0.5, 0.6) is 0 Å². The number of hydrogen-bond acceptors (Lipinski definition) is 6. The first kappa shape index (κ1) is 16.4. The summed E-state index contributed by atoms with van der Waals surface area (Å²) in [5.41, 5.74) is 2.05. The molecule has 0 bridgehead atoms. The van der Waals surface area contributed by atoms with Crippen molar-refractivity contribution in [1.29, 1.82) is 0 Å². The zero-order valence-corrected chi connectivity index (χ0v) is 14.5. The lowest BCUT2D eigenvalue weighted by Crippen LogP contribution is -2.41. The molecular formula is C16H23N7O. The molecule has 3 rings (SSSR count). The van der Waals surface area contributed by atoms with E-state index in [-0.39, 0.29) is 18.0 Å². The molecule has 1 aliphatic heterocycles. The highest BCUT2D eigenvalue weighted by Gasteiger charge is 2.36. The Morgan fingerprint density at radius 3 is 2.75 bits per heavy atom. The maximum atomic E-state index is 11.9. The van der Waals surface area contributed by atoms with Crippen LogP contribution >= 0.6 is 0 Å². The number of nitrogens with one attached hydrogen (secondary N) is 1. The molecule has 0 aromatic carbocycles. The van der Waals surface area contributed by atoms with Crippen LogP contribution in [0, 0.1) is 20.8 Å². The molecule has 2 aromatic heterocycles. The van der Waals surface area contributed by atoms with Crippen molar-refractivity contribution < 1.29 is 4.79 Å². The van der Waals surface area contributed by atoms with E-state index in [2.05, 4.69) is 30.5 Å². The summed E-state index contributed by atoms with van der Waals surface area (Å²) in [5.74, 6) is 1.73. The van der Waals surface area contributed by atoms with Gasteiger partial charge in [-0.2, -0.15) is 0 Å². The van der Waals surface area contributed by atoms with E-state index >= 15 is 0 Å². The molecule has 8 heteroatoms. The summed E-state index contributed by atoms with van der Waals surface area (Å²) in [6.45, 7) is 9.19. The van der Waals surface area contributed by atoms with Crippen LogP contribution in [0.3, 0.4) is 0 Å². The third kappa shape index (κ3) is 3.08. The highest BCUT2D eigenvalue weighted by molar-refractivity contribution is 5.76. The summed E-state index contributed by atoms with van der Waals surface area (Å²) in [4.78, 5) is 23.1. The summed E-state index contributed by atoms with van der Waals surface area (Å²) in [7, 11) is 0. The quantitative estimate of drug-likeness (QED) is 0.898. The van der Waals surface area contributed by atoms with Gasteiger partial charge in [0.25, 0.3) is 0 Å². The molecule has 1 aliphatic rings. The molecule has 0 radical (unpaired) electrons. The third-order valence-electron chi connectivity index (χ3n) is 4.51. The van der Waals surface area contributed by atoms with Crippen molar-refractivity contribution >= 4 is 11.7 Å². The molecule has 3 heterocycles. The van der Waals surface area contributed by atoms with E-state index in [0.29, 0.717) is 13.0 Å². The highest BCUT2D eigenvalue weighted by atomic mass is 16.1. The van der Waals surface area contributed by atoms with E-state index in [9.17, 15) is 4.79 Å².